The van der Waals surface area contributed by atoms with Crippen molar-refractivity contribution in [3.8, 4) is 11.3 Å². The van der Waals surface area contributed by atoms with E-state index in [1.54, 1.807) is 0 Å². The van der Waals surface area contributed by atoms with Crippen molar-refractivity contribution in [2.24, 2.45) is 0 Å². The molecular weight excluding hydrogens is 255 g/mol. The fourth-order valence-corrected chi connectivity index (χ4v) is 1.60. The second-order valence-electron chi connectivity index (χ2n) is 3.41. The maximum atomic E-state index is 13.6. The Hall–Kier alpha value is -1.95. The maximum absolute atomic E-state index is 13.6. The van der Waals surface area contributed by atoms with Crippen molar-refractivity contribution < 1.29 is 9.18 Å². The van der Waals surface area contributed by atoms with Crippen LogP contribution < -0.4 is 5.23 Å². The van der Waals surface area contributed by atoms with Crippen LogP contribution in [0.5, 0.6) is 0 Å². The molecule has 2 radical (unpaired) electrons. The van der Waals surface area contributed by atoms with E-state index >= 15 is 0 Å². The molecule has 1 aromatic heterocycles. The van der Waals surface area contributed by atoms with Gasteiger partial charge in [-0.2, -0.15) is 0 Å². The summed E-state index contributed by atoms with van der Waals surface area (Å²) in [6.45, 7) is 0. The van der Waals surface area contributed by atoms with Gasteiger partial charge in [-0.15, -0.1) is 10.2 Å². The predicted octanol–water partition coefficient (Wildman–Crippen LogP) is 2.24. The molecule has 0 saturated heterocycles. The number of benzene rings is 1. The average Bonchev–Trinajstić information content (AvgIpc) is 2.40. The van der Waals surface area contributed by atoms with Crippen LogP contribution in [0.3, 0.4) is 0 Å². The van der Waals surface area contributed by atoms with Crippen molar-refractivity contribution >= 4 is 31.6 Å². The Morgan fingerprint density at radius 2 is 2.11 bits per heavy atom. The zero-order chi connectivity index (χ0) is 13.1. The third-order valence-electron chi connectivity index (χ3n) is 2.29. The molecule has 0 amide bonds. The third-order valence-corrected chi connectivity index (χ3v) is 2.53. The van der Waals surface area contributed by atoms with Gasteiger partial charge in [-0.25, -0.2) is 4.39 Å². The van der Waals surface area contributed by atoms with E-state index in [1.165, 1.54) is 24.3 Å². The van der Waals surface area contributed by atoms with Gasteiger partial charge in [0.1, 0.15) is 11.5 Å². The molecule has 2 aromatic rings. The summed E-state index contributed by atoms with van der Waals surface area (Å²) in [5.74, 6) is -0.490. The zero-order valence-corrected chi connectivity index (χ0v) is 9.78. The lowest BCUT2D eigenvalue weighted by molar-refractivity contribution is 0.111. The van der Waals surface area contributed by atoms with Gasteiger partial charge in [0.15, 0.2) is 6.29 Å². The molecule has 1 heterocycles. The van der Waals surface area contributed by atoms with Crippen molar-refractivity contribution in [2.75, 3.05) is 5.23 Å². The number of anilines is 1. The Labute approximate surface area is 109 Å². The lowest BCUT2D eigenvalue weighted by Gasteiger charge is -2.07. The summed E-state index contributed by atoms with van der Waals surface area (Å²) >= 11 is 5.79. The van der Waals surface area contributed by atoms with E-state index < -0.39 is 5.82 Å². The quantitative estimate of drug-likeness (QED) is 0.680. The van der Waals surface area contributed by atoms with E-state index in [9.17, 15) is 9.18 Å². The Kier molecular flexibility index (Phi) is 3.57. The SMILES string of the molecule is [B]Nc1cc(-c2cc(Cl)ccc2F)nnc1C=O. The van der Waals surface area contributed by atoms with Gasteiger partial charge in [0.05, 0.1) is 11.4 Å². The molecule has 0 saturated carbocycles. The number of aromatic nitrogens is 2. The highest BCUT2D eigenvalue weighted by atomic mass is 35.5. The summed E-state index contributed by atoms with van der Waals surface area (Å²) in [7, 11) is 5.24. The monoisotopic (exact) mass is 261 g/mol. The van der Waals surface area contributed by atoms with Crippen LogP contribution in [0.4, 0.5) is 10.1 Å². The van der Waals surface area contributed by atoms with Crippen LogP contribution in [-0.2, 0) is 0 Å². The van der Waals surface area contributed by atoms with E-state index in [0.29, 0.717) is 11.3 Å². The average molecular weight is 261 g/mol. The predicted molar refractivity (Wildman–Crippen MR) is 67.2 cm³/mol. The number of hydrogen-bond acceptors (Lipinski definition) is 4. The van der Waals surface area contributed by atoms with Crippen LogP contribution in [0.2, 0.25) is 5.02 Å². The molecule has 0 fully saturated rings. The van der Waals surface area contributed by atoms with Crippen LogP contribution in [0, 0.1) is 5.82 Å². The number of rotatable bonds is 3. The number of aldehydes is 1. The summed E-state index contributed by atoms with van der Waals surface area (Å²) in [5, 5.41) is 10.1. The van der Waals surface area contributed by atoms with Crippen LogP contribution in [-0.4, -0.2) is 24.5 Å². The topological polar surface area (TPSA) is 54.9 Å². The fraction of sp³-hybridized carbons (Fsp3) is 0. The van der Waals surface area contributed by atoms with Crippen LogP contribution in [0.25, 0.3) is 11.3 Å². The number of carbonyl (C=O) groups excluding carboxylic acids is 1. The van der Waals surface area contributed by atoms with Crippen LogP contribution in [0.1, 0.15) is 10.5 Å². The fourth-order valence-electron chi connectivity index (χ4n) is 1.43. The van der Waals surface area contributed by atoms with Crippen molar-refractivity contribution in [2.45, 2.75) is 0 Å². The minimum Gasteiger partial charge on any atom is -0.435 e. The second kappa shape index (κ2) is 5.14. The summed E-state index contributed by atoms with van der Waals surface area (Å²) in [5.41, 5.74) is 0.718. The first-order valence-corrected chi connectivity index (χ1v) is 5.28. The largest absolute Gasteiger partial charge is 0.435 e. The molecule has 1 N–H and O–H groups in total. The van der Waals surface area contributed by atoms with Gasteiger partial charge in [-0.3, -0.25) is 4.79 Å². The van der Waals surface area contributed by atoms with Gasteiger partial charge in [0.2, 0.25) is 7.98 Å². The molecule has 18 heavy (non-hydrogen) atoms. The van der Waals surface area contributed by atoms with Crippen LogP contribution in [0.15, 0.2) is 24.3 Å². The first-order chi connectivity index (χ1) is 8.65. The Bertz CT molecular complexity index is 609. The Balaban J connectivity index is 2.57. The minimum absolute atomic E-state index is 0.0451. The number of carbonyl (C=O) groups is 1. The molecule has 4 nitrogen and oxygen atoms in total. The standard InChI is InChI=1S/C11H6BClFN3O/c12-15-10-4-9(16-17-11(10)5-18)7-3-6(13)1-2-8(7)14/h1-5H,(H,15,16). The molecular formula is C11H6BClFN3O. The normalized spacial score (nSPS) is 10.1. The number of hydrogen-bond donors (Lipinski definition) is 1. The molecule has 1 aromatic carbocycles. The maximum Gasteiger partial charge on any atom is 0.222 e. The van der Waals surface area contributed by atoms with Crippen molar-refractivity contribution in [3.05, 3.63) is 40.8 Å². The third kappa shape index (κ3) is 2.33. The molecule has 0 aliphatic carbocycles. The van der Waals surface area contributed by atoms with Gasteiger partial charge in [0.25, 0.3) is 0 Å². The highest BCUT2D eigenvalue weighted by Crippen LogP contribution is 2.26. The smallest absolute Gasteiger partial charge is 0.222 e. The number of nitrogens with one attached hydrogen (secondary N) is 1. The summed E-state index contributed by atoms with van der Waals surface area (Å²) in [6.07, 6.45) is 0.500. The van der Waals surface area contributed by atoms with Crippen molar-refractivity contribution in [3.63, 3.8) is 0 Å². The Morgan fingerprint density at radius 1 is 1.33 bits per heavy atom. The van der Waals surface area contributed by atoms with Crippen molar-refractivity contribution in [1.82, 2.24) is 10.2 Å². The lowest BCUT2D eigenvalue weighted by Crippen LogP contribution is -2.02. The molecule has 0 aliphatic heterocycles. The highest BCUT2D eigenvalue weighted by molar-refractivity contribution is 6.30. The molecule has 0 bridgehead atoms. The highest BCUT2D eigenvalue weighted by Gasteiger charge is 2.11. The summed E-state index contributed by atoms with van der Waals surface area (Å²) in [6, 6.07) is 5.49. The minimum atomic E-state index is -0.490. The number of nitrogens with zero attached hydrogens (tertiary/aromatic N) is 2. The molecule has 0 unspecified atom stereocenters. The van der Waals surface area contributed by atoms with Gasteiger partial charge in [-0.1, -0.05) is 11.6 Å². The Morgan fingerprint density at radius 3 is 2.78 bits per heavy atom. The molecule has 0 atom stereocenters. The lowest BCUT2D eigenvalue weighted by atomic mass is 10.1. The molecule has 2 rings (SSSR count). The first-order valence-electron chi connectivity index (χ1n) is 4.90. The second-order valence-corrected chi connectivity index (χ2v) is 3.85. The van der Waals surface area contributed by atoms with E-state index in [0.717, 1.165) is 0 Å². The van der Waals surface area contributed by atoms with E-state index in [1.807, 2.05) is 0 Å². The van der Waals surface area contributed by atoms with E-state index in [4.69, 9.17) is 19.6 Å². The van der Waals surface area contributed by atoms with Crippen molar-refractivity contribution in [1.29, 1.82) is 0 Å². The van der Waals surface area contributed by atoms with E-state index in [-0.39, 0.29) is 22.6 Å². The van der Waals surface area contributed by atoms with Gasteiger partial charge in [-0.05, 0) is 24.3 Å². The van der Waals surface area contributed by atoms with Gasteiger partial charge < -0.3 is 5.23 Å². The summed E-state index contributed by atoms with van der Waals surface area (Å²) in [4.78, 5) is 10.7. The first kappa shape index (κ1) is 12.5. The van der Waals surface area contributed by atoms with Gasteiger partial charge >= 0.3 is 0 Å². The van der Waals surface area contributed by atoms with Gasteiger partial charge in [0, 0.05) is 10.6 Å². The summed E-state index contributed by atoms with van der Waals surface area (Å²) < 4.78 is 13.6. The van der Waals surface area contributed by atoms with Crippen LogP contribution >= 0.6 is 11.6 Å². The number of halogens is 2. The molecule has 0 aliphatic rings. The van der Waals surface area contributed by atoms with E-state index in [2.05, 4.69) is 15.4 Å². The molecule has 0 spiro atoms. The zero-order valence-electron chi connectivity index (χ0n) is 9.02. The molecule has 88 valence electrons. The molecule has 7 heteroatoms.